The van der Waals surface area contributed by atoms with Crippen molar-refractivity contribution in [2.45, 2.75) is 76.2 Å². The van der Waals surface area contributed by atoms with Crippen LogP contribution in [0.2, 0.25) is 0 Å². The Morgan fingerprint density at radius 2 is 1.57 bits per heavy atom. The largest absolute Gasteiger partial charge is 0.387 e. The van der Waals surface area contributed by atoms with E-state index in [0.29, 0.717) is 6.61 Å². The van der Waals surface area contributed by atoms with Crippen LogP contribution in [0.15, 0.2) is 0 Å². The van der Waals surface area contributed by atoms with E-state index in [9.17, 15) is 15.3 Å². The van der Waals surface area contributed by atoms with Crippen LogP contribution >= 0.6 is 0 Å². The monoisotopic (exact) mass is 306 g/mol. The Morgan fingerprint density at radius 3 is 2.24 bits per heavy atom. The highest BCUT2D eigenvalue weighted by atomic mass is 16.7. The molecule has 126 valence electrons. The number of ether oxygens (including phenoxy) is 3. The van der Waals surface area contributed by atoms with Crippen molar-refractivity contribution in [2.75, 3.05) is 20.3 Å². The first-order valence-electron chi connectivity index (χ1n) is 7.92. The van der Waals surface area contributed by atoms with Crippen LogP contribution < -0.4 is 0 Å². The summed E-state index contributed by atoms with van der Waals surface area (Å²) in [4.78, 5) is 0. The first-order valence-corrected chi connectivity index (χ1v) is 7.92. The number of aliphatic hydroxyl groups is 3. The van der Waals surface area contributed by atoms with Gasteiger partial charge in [0, 0.05) is 13.7 Å². The van der Waals surface area contributed by atoms with Crippen molar-refractivity contribution in [1.82, 2.24) is 0 Å². The molecule has 1 heterocycles. The zero-order chi connectivity index (χ0) is 15.7. The molecule has 0 unspecified atom stereocenters. The van der Waals surface area contributed by atoms with Crippen molar-refractivity contribution in [1.29, 1.82) is 0 Å². The molecule has 1 saturated heterocycles. The predicted octanol–water partition coefficient (Wildman–Crippen LogP) is 0.817. The van der Waals surface area contributed by atoms with E-state index >= 15 is 0 Å². The minimum atomic E-state index is -1.28. The number of methoxy groups -OCH3 is 1. The molecule has 0 spiro atoms. The second-order valence-corrected chi connectivity index (χ2v) is 5.61. The predicted molar refractivity (Wildman–Crippen MR) is 77.9 cm³/mol. The molecule has 0 aliphatic carbocycles. The Kier molecular flexibility index (Phi) is 9.39. The van der Waals surface area contributed by atoms with Crippen molar-refractivity contribution in [3.8, 4) is 0 Å². The lowest BCUT2D eigenvalue weighted by atomic mass is 9.99. The van der Waals surface area contributed by atoms with Gasteiger partial charge in [-0.05, 0) is 6.42 Å². The molecule has 5 atom stereocenters. The van der Waals surface area contributed by atoms with Crippen LogP contribution in [0.5, 0.6) is 0 Å². The van der Waals surface area contributed by atoms with Gasteiger partial charge in [-0.1, -0.05) is 39.0 Å². The van der Waals surface area contributed by atoms with E-state index in [1.165, 1.54) is 32.8 Å². The highest BCUT2D eigenvalue weighted by Crippen LogP contribution is 2.22. The zero-order valence-corrected chi connectivity index (χ0v) is 13.1. The lowest BCUT2D eigenvalue weighted by Gasteiger charge is -2.40. The summed E-state index contributed by atoms with van der Waals surface area (Å²) in [6.07, 6.45) is 1.56. The van der Waals surface area contributed by atoms with Crippen molar-refractivity contribution in [3.63, 3.8) is 0 Å². The summed E-state index contributed by atoms with van der Waals surface area (Å²) in [6, 6.07) is 0. The van der Waals surface area contributed by atoms with Gasteiger partial charge in [-0.15, -0.1) is 0 Å². The first-order chi connectivity index (χ1) is 10.1. The van der Waals surface area contributed by atoms with Crippen molar-refractivity contribution >= 4 is 0 Å². The second kappa shape index (κ2) is 10.5. The minimum absolute atomic E-state index is 0.141. The maximum Gasteiger partial charge on any atom is 0.186 e. The molecule has 0 amide bonds. The summed E-state index contributed by atoms with van der Waals surface area (Å²) in [5.74, 6) is 0. The maximum absolute atomic E-state index is 9.87. The summed E-state index contributed by atoms with van der Waals surface area (Å²) in [7, 11) is 1.49. The Balaban J connectivity index is 2.26. The molecule has 6 heteroatoms. The number of hydrogen-bond acceptors (Lipinski definition) is 6. The molecule has 0 aromatic rings. The fourth-order valence-corrected chi connectivity index (χ4v) is 2.44. The Labute approximate surface area is 127 Å². The summed E-state index contributed by atoms with van der Waals surface area (Å²) in [5.41, 5.74) is 0. The van der Waals surface area contributed by atoms with Gasteiger partial charge in [0.2, 0.25) is 0 Å². The van der Waals surface area contributed by atoms with E-state index in [1.54, 1.807) is 0 Å². The second-order valence-electron chi connectivity index (χ2n) is 5.61. The molecule has 0 saturated carbocycles. The molecule has 1 fully saturated rings. The standard InChI is InChI=1S/C15H30O6/c1-3-4-5-6-7-8-9-20-15-14(18)13(17)12(16)11(21-15)10-19-2/h11-18H,3-10H2,1-2H3/t11-,12+,13+,14-,15-/m1/s1. The van der Waals surface area contributed by atoms with E-state index in [4.69, 9.17) is 14.2 Å². The van der Waals surface area contributed by atoms with Crippen LogP contribution in [-0.2, 0) is 14.2 Å². The van der Waals surface area contributed by atoms with Crippen LogP contribution in [-0.4, -0.2) is 66.3 Å². The molecule has 1 rings (SSSR count). The summed E-state index contributed by atoms with van der Waals surface area (Å²) in [5, 5.41) is 29.4. The average Bonchev–Trinajstić information content (AvgIpc) is 2.48. The molecule has 1 aliphatic rings. The van der Waals surface area contributed by atoms with Gasteiger partial charge in [0.25, 0.3) is 0 Å². The molecule has 0 aromatic heterocycles. The van der Waals surface area contributed by atoms with Crippen LogP contribution in [0.4, 0.5) is 0 Å². The molecule has 21 heavy (non-hydrogen) atoms. The number of unbranched alkanes of at least 4 members (excludes halogenated alkanes) is 5. The van der Waals surface area contributed by atoms with Gasteiger partial charge in [0.1, 0.15) is 24.4 Å². The van der Waals surface area contributed by atoms with Gasteiger partial charge >= 0.3 is 0 Å². The van der Waals surface area contributed by atoms with E-state index in [1.807, 2.05) is 0 Å². The molecule has 0 radical (unpaired) electrons. The van der Waals surface area contributed by atoms with Crippen LogP contribution in [0.25, 0.3) is 0 Å². The lowest BCUT2D eigenvalue weighted by Crippen LogP contribution is -2.59. The quantitative estimate of drug-likeness (QED) is 0.518. The van der Waals surface area contributed by atoms with E-state index < -0.39 is 30.7 Å². The van der Waals surface area contributed by atoms with Crippen molar-refractivity contribution in [3.05, 3.63) is 0 Å². The third-order valence-electron chi connectivity index (χ3n) is 3.78. The van der Waals surface area contributed by atoms with Gasteiger partial charge in [-0.3, -0.25) is 0 Å². The van der Waals surface area contributed by atoms with Gasteiger partial charge in [-0.25, -0.2) is 0 Å². The molecule has 1 aliphatic heterocycles. The van der Waals surface area contributed by atoms with Crippen molar-refractivity contribution in [2.24, 2.45) is 0 Å². The number of hydrogen-bond donors (Lipinski definition) is 3. The zero-order valence-electron chi connectivity index (χ0n) is 13.1. The SMILES string of the molecule is CCCCCCCCO[C@@H]1O[C@H](COC)[C@H](O)[C@H](O)[C@H]1O. The van der Waals surface area contributed by atoms with E-state index in [0.717, 1.165) is 12.8 Å². The average molecular weight is 306 g/mol. The number of aliphatic hydroxyl groups excluding tert-OH is 3. The molecule has 6 nitrogen and oxygen atoms in total. The smallest absolute Gasteiger partial charge is 0.186 e. The lowest BCUT2D eigenvalue weighted by molar-refractivity contribution is -0.302. The maximum atomic E-state index is 9.87. The molecule has 0 bridgehead atoms. The van der Waals surface area contributed by atoms with Gasteiger partial charge in [0.15, 0.2) is 6.29 Å². The van der Waals surface area contributed by atoms with E-state index in [2.05, 4.69) is 6.92 Å². The summed E-state index contributed by atoms with van der Waals surface area (Å²) >= 11 is 0. The van der Waals surface area contributed by atoms with Crippen LogP contribution in [0, 0.1) is 0 Å². The van der Waals surface area contributed by atoms with Gasteiger partial charge in [0.05, 0.1) is 6.61 Å². The highest BCUT2D eigenvalue weighted by Gasteiger charge is 2.44. The molecule has 0 aromatic carbocycles. The molecular weight excluding hydrogens is 276 g/mol. The van der Waals surface area contributed by atoms with Crippen LogP contribution in [0.3, 0.4) is 0 Å². The Bertz CT molecular complexity index is 263. The van der Waals surface area contributed by atoms with Crippen LogP contribution in [0.1, 0.15) is 45.4 Å². The highest BCUT2D eigenvalue weighted by molar-refractivity contribution is 4.89. The summed E-state index contributed by atoms with van der Waals surface area (Å²) < 4.78 is 15.9. The third kappa shape index (κ3) is 6.18. The van der Waals surface area contributed by atoms with E-state index in [-0.39, 0.29) is 6.61 Å². The first kappa shape index (κ1) is 18.8. The summed E-state index contributed by atoms with van der Waals surface area (Å²) in [6.45, 7) is 2.79. The Hall–Kier alpha value is -0.240. The Morgan fingerprint density at radius 1 is 0.905 bits per heavy atom. The third-order valence-corrected chi connectivity index (χ3v) is 3.78. The molecular formula is C15H30O6. The molecule has 3 N–H and O–H groups in total. The number of rotatable bonds is 10. The van der Waals surface area contributed by atoms with Crippen molar-refractivity contribution < 1.29 is 29.5 Å². The van der Waals surface area contributed by atoms with Gasteiger partial charge in [-0.2, -0.15) is 0 Å². The fraction of sp³-hybridized carbons (Fsp3) is 1.00. The fourth-order valence-electron chi connectivity index (χ4n) is 2.44. The normalized spacial score (nSPS) is 33.3. The minimum Gasteiger partial charge on any atom is -0.387 e. The van der Waals surface area contributed by atoms with Gasteiger partial charge < -0.3 is 29.5 Å². The topological polar surface area (TPSA) is 88.4 Å².